The lowest BCUT2D eigenvalue weighted by Crippen LogP contribution is -2.24. The van der Waals surface area contributed by atoms with Crippen molar-refractivity contribution in [1.29, 1.82) is 0 Å². The third-order valence-electron chi connectivity index (χ3n) is 3.10. The molecule has 0 fully saturated rings. The van der Waals surface area contributed by atoms with Crippen LogP contribution in [-0.4, -0.2) is 29.5 Å². The highest BCUT2D eigenvalue weighted by molar-refractivity contribution is 5.94. The van der Waals surface area contributed by atoms with Crippen molar-refractivity contribution in [1.82, 2.24) is 15.3 Å². The fraction of sp³-hybridized carbons (Fsp3) is 0.333. The van der Waals surface area contributed by atoms with Crippen LogP contribution < -0.4 is 10.1 Å². The van der Waals surface area contributed by atoms with E-state index in [2.05, 4.69) is 15.3 Å². The molecule has 5 nitrogen and oxygen atoms in total. The van der Waals surface area contributed by atoms with Crippen LogP contribution in [0.3, 0.4) is 0 Å². The van der Waals surface area contributed by atoms with Gasteiger partial charge in [-0.05, 0) is 31.0 Å². The van der Waals surface area contributed by atoms with E-state index in [4.69, 9.17) is 4.74 Å². The first-order valence-corrected chi connectivity index (χ1v) is 6.62. The van der Waals surface area contributed by atoms with Crippen molar-refractivity contribution < 1.29 is 9.53 Å². The number of hydrogen-bond donors (Lipinski definition) is 2. The molecular weight excluding hydrogens is 254 g/mol. The lowest BCUT2D eigenvalue weighted by molar-refractivity contribution is 0.0953. The summed E-state index contributed by atoms with van der Waals surface area (Å²) in [4.78, 5) is 19.2. The smallest absolute Gasteiger partial charge is 0.251 e. The molecule has 0 radical (unpaired) electrons. The van der Waals surface area contributed by atoms with Gasteiger partial charge in [0.1, 0.15) is 11.6 Å². The number of H-pyrrole nitrogens is 1. The SMILES string of the molecule is COc1cc(C(=O)NCCCc2ncc[nH]2)ccc1C. The van der Waals surface area contributed by atoms with Gasteiger partial charge in [-0.1, -0.05) is 6.07 Å². The van der Waals surface area contributed by atoms with Crippen molar-refractivity contribution in [2.45, 2.75) is 19.8 Å². The third kappa shape index (κ3) is 3.60. The Morgan fingerprint density at radius 3 is 3.00 bits per heavy atom. The number of amides is 1. The summed E-state index contributed by atoms with van der Waals surface area (Å²) in [5, 5.41) is 2.90. The monoisotopic (exact) mass is 273 g/mol. The fourth-order valence-electron chi connectivity index (χ4n) is 1.96. The van der Waals surface area contributed by atoms with Gasteiger partial charge >= 0.3 is 0 Å². The van der Waals surface area contributed by atoms with Gasteiger partial charge in [-0.2, -0.15) is 0 Å². The van der Waals surface area contributed by atoms with E-state index < -0.39 is 0 Å². The number of carbonyl (C=O) groups is 1. The van der Waals surface area contributed by atoms with Crippen LogP contribution in [0.2, 0.25) is 0 Å². The van der Waals surface area contributed by atoms with Gasteiger partial charge in [-0.3, -0.25) is 4.79 Å². The highest BCUT2D eigenvalue weighted by Gasteiger charge is 2.07. The number of carbonyl (C=O) groups excluding carboxylic acids is 1. The average molecular weight is 273 g/mol. The van der Waals surface area contributed by atoms with Crippen LogP contribution in [0.15, 0.2) is 30.6 Å². The standard InChI is InChI=1S/C15H19N3O2/c1-11-5-6-12(10-13(11)20-2)15(19)18-7-3-4-14-16-8-9-17-14/h5-6,8-10H,3-4,7H2,1-2H3,(H,16,17)(H,18,19). The van der Waals surface area contributed by atoms with Gasteiger partial charge in [0, 0.05) is 30.9 Å². The zero-order valence-electron chi connectivity index (χ0n) is 11.8. The van der Waals surface area contributed by atoms with E-state index in [9.17, 15) is 4.79 Å². The van der Waals surface area contributed by atoms with E-state index in [0.29, 0.717) is 12.1 Å². The second-order valence-corrected chi connectivity index (χ2v) is 4.58. The highest BCUT2D eigenvalue weighted by atomic mass is 16.5. The lowest BCUT2D eigenvalue weighted by Gasteiger charge is -2.08. The fourth-order valence-corrected chi connectivity index (χ4v) is 1.96. The Morgan fingerprint density at radius 1 is 1.45 bits per heavy atom. The Kier molecular flexibility index (Phi) is 4.76. The zero-order valence-corrected chi connectivity index (χ0v) is 11.8. The maximum atomic E-state index is 12.0. The zero-order chi connectivity index (χ0) is 14.4. The summed E-state index contributed by atoms with van der Waals surface area (Å²) >= 11 is 0. The van der Waals surface area contributed by atoms with E-state index >= 15 is 0 Å². The number of ether oxygens (including phenoxy) is 1. The Labute approximate surface area is 118 Å². The van der Waals surface area contributed by atoms with Crippen LogP contribution in [0.4, 0.5) is 0 Å². The van der Waals surface area contributed by atoms with Gasteiger partial charge in [0.05, 0.1) is 7.11 Å². The molecule has 2 aromatic rings. The van der Waals surface area contributed by atoms with E-state index in [1.165, 1.54) is 0 Å². The molecule has 106 valence electrons. The van der Waals surface area contributed by atoms with Gasteiger partial charge in [0.2, 0.25) is 0 Å². The van der Waals surface area contributed by atoms with E-state index in [-0.39, 0.29) is 5.91 Å². The molecule has 1 amide bonds. The number of aryl methyl sites for hydroxylation is 2. The molecule has 0 atom stereocenters. The summed E-state index contributed by atoms with van der Waals surface area (Å²) in [5.41, 5.74) is 1.63. The molecular formula is C15H19N3O2. The Morgan fingerprint density at radius 2 is 2.30 bits per heavy atom. The maximum Gasteiger partial charge on any atom is 0.251 e. The largest absolute Gasteiger partial charge is 0.496 e. The molecule has 0 unspecified atom stereocenters. The van der Waals surface area contributed by atoms with E-state index in [1.54, 1.807) is 31.6 Å². The molecule has 0 aliphatic rings. The van der Waals surface area contributed by atoms with Crippen LogP contribution in [0, 0.1) is 6.92 Å². The molecule has 0 saturated heterocycles. The van der Waals surface area contributed by atoms with Crippen molar-refractivity contribution in [3.8, 4) is 5.75 Å². The normalized spacial score (nSPS) is 10.3. The van der Waals surface area contributed by atoms with Crippen molar-refractivity contribution >= 4 is 5.91 Å². The van der Waals surface area contributed by atoms with Crippen LogP contribution in [-0.2, 0) is 6.42 Å². The van der Waals surface area contributed by atoms with Crippen LogP contribution >= 0.6 is 0 Å². The minimum atomic E-state index is -0.0808. The highest BCUT2D eigenvalue weighted by Crippen LogP contribution is 2.18. The minimum Gasteiger partial charge on any atom is -0.496 e. The van der Waals surface area contributed by atoms with Crippen molar-refractivity contribution in [2.24, 2.45) is 0 Å². The van der Waals surface area contributed by atoms with Crippen molar-refractivity contribution in [2.75, 3.05) is 13.7 Å². The molecule has 0 bridgehead atoms. The average Bonchev–Trinajstić information content (AvgIpc) is 2.97. The predicted octanol–water partition coefficient (Wildman–Crippen LogP) is 2.09. The summed E-state index contributed by atoms with van der Waals surface area (Å²) in [5.74, 6) is 1.59. The van der Waals surface area contributed by atoms with Gasteiger partial charge in [-0.25, -0.2) is 4.98 Å². The van der Waals surface area contributed by atoms with Crippen LogP contribution in [0.5, 0.6) is 5.75 Å². The first-order valence-electron chi connectivity index (χ1n) is 6.62. The maximum absolute atomic E-state index is 12.0. The van der Waals surface area contributed by atoms with Crippen LogP contribution in [0.25, 0.3) is 0 Å². The number of hydrogen-bond acceptors (Lipinski definition) is 3. The summed E-state index contributed by atoms with van der Waals surface area (Å²) < 4.78 is 5.22. The second kappa shape index (κ2) is 6.75. The van der Waals surface area contributed by atoms with Crippen molar-refractivity contribution in [3.05, 3.63) is 47.5 Å². The number of aromatic nitrogens is 2. The summed E-state index contributed by atoms with van der Waals surface area (Å²) in [6.07, 6.45) is 5.20. The number of aromatic amines is 1. The number of rotatable bonds is 6. The summed E-state index contributed by atoms with van der Waals surface area (Å²) in [6, 6.07) is 5.45. The minimum absolute atomic E-state index is 0.0808. The summed E-state index contributed by atoms with van der Waals surface area (Å²) in [6.45, 7) is 2.57. The van der Waals surface area contributed by atoms with Gasteiger partial charge in [0.15, 0.2) is 0 Å². The molecule has 0 aliphatic carbocycles. The van der Waals surface area contributed by atoms with Crippen molar-refractivity contribution in [3.63, 3.8) is 0 Å². The number of benzene rings is 1. The molecule has 1 aromatic carbocycles. The molecule has 0 saturated carbocycles. The summed E-state index contributed by atoms with van der Waals surface area (Å²) in [7, 11) is 1.60. The second-order valence-electron chi connectivity index (χ2n) is 4.58. The molecule has 1 aromatic heterocycles. The van der Waals surface area contributed by atoms with Crippen LogP contribution in [0.1, 0.15) is 28.2 Å². The van der Waals surface area contributed by atoms with Gasteiger partial charge < -0.3 is 15.0 Å². The molecule has 0 spiro atoms. The molecule has 2 N–H and O–H groups in total. The number of imidazole rings is 1. The van der Waals surface area contributed by atoms with Gasteiger partial charge in [0.25, 0.3) is 5.91 Å². The van der Waals surface area contributed by atoms with E-state index in [0.717, 1.165) is 30.0 Å². The molecule has 1 heterocycles. The molecule has 20 heavy (non-hydrogen) atoms. The topological polar surface area (TPSA) is 67.0 Å². The first-order chi connectivity index (χ1) is 9.70. The lowest BCUT2D eigenvalue weighted by atomic mass is 10.1. The number of methoxy groups -OCH3 is 1. The number of nitrogens with zero attached hydrogens (tertiary/aromatic N) is 1. The first kappa shape index (κ1) is 14.1. The Balaban J connectivity index is 1.82. The Hall–Kier alpha value is -2.30. The predicted molar refractivity (Wildman–Crippen MR) is 77.0 cm³/mol. The third-order valence-corrected chi connectivity index (χ3v) is 3.10. The van der Waals surface area contributed by atoms with E-state index in [1.807, 2.05) is 13.0 Å². The molecule has 5 heteroatoms. The quantitative estimate of drug-likeness (QED) is 0.792. The van der Waals surface area contributed by atoms with Gasteiger partial charge in [-0.15, -0.1) is 0 Å². The molecule has 2 rings (SSSR count). The molecule has 0 aliphatic heterocycles. The Bertz CT molecular complexity index is 565. The number of nitrogens with one attached hydrogen (secondary N) is 2.